The Hall–Kier alpha value is -0.310. The standard InChI is InChI=1S/C3H3N2S/c6-3-1-2-4-5-3/h1-3H. The smallest absolute Gasteiger partial charge is 0.146 e. The fourth-order valence-electron chi connectivity index (χ4n) is 0.255. The molecule has 0 N–H and O–H groups in total. The van der Waals surface area contributed by atoms with Crippen LogP contribution in [0.4, 0.5) is 0 Å². The van der Waals surface area contributed by atoms with Gasteiger partial charge in [0.05, 0.1) is 0 Å². The van der Waals surface area contributed by atoms with Crippen molar-refractivity contribution in [2.75, 3.05) is 0 Å². The molecule has 0 amide bonds. The molecule has 31 valence electrons. The summed E-state index contributed by atoms with van der Waals surface area (Å²) in [6.45, 7) is 0. The summed E-state index contributed by atoms with van der Waals surface area (Å²) in [6.07, 6.45) is 3.37. The summed E-state index contributed by atoms with van der Waals surface area (Å²) in [7, 11) is 0. The summed E-state index contributed by atoms with van der Waals surface area (Å²) >= 11 is 4.66. The number of rotatable bonds is 0. The van der Waals surface area contributed by atoms with Gasteiger partial charge in [-0.25, -0.2) is 0 Å². The molecule has 1 radical (unpaired) electrons. The van der Waals surface area contributed by atoms with Gasteiger partial charge in [-0.05, 0) is 6.08 Å². The van der Waals surface area contributed by atoms with E-state index in [0.29, 0.717) is 0 Å². The second-order valence-corrected chi connectivity index (χ2v) is 1.45. The molecule has 2 nitrogen and oxygen atoms in total. The fraction of sp³-hybridized carbons (Fsp3) is 0.333. The van der Waals surface area contributed by atoms with Crippen molar-refractivity contribution < 1.29 is 0 Å². The number of hydrogen-bond donors (Lipinski definition) is 0. The van der Waals surface area contributed by atoms with Crippen LogP contribution in [-0.2, 0) is 0 Å². The van der Waals surface area contributed by atoms with E-state index in [1.807, 2.05) is 0 Å². The Morgan fingerprint density at radius 1 is 1.67 bits per heavy atom. The summed E-state index contributed by atoms with van der Waals surface area (Å²) in [5.74, 6) is 0. The Bertz CT molecular complexity index is 85.0. The zero-order valence-corrected chi connectivity index (χ0v) is 3.85. The van der Waals surface area contributed by atoms with Crippen LogP contribution in [0.15, 0.2) is 22.5 Å². The molecular weight excluding hydrogens is 96.1 g/mol. The molecule has 0 saturated carbocycles. The van der Waals surface area contributed by atoms with E-state index in [2.05, 4.69) is 22.9 Å². The molecule has 1 atom stereocenters. The number of nitrogens with zero attached hydrogens (tertiary/aromatic N) is 2. The normalized spacial score (nSPS) is 29.2. The van der Waals surface area contributed by atoms with Gasteiger partial charge >= 0.3 is 0 Å². The monoisotopic (exact) mass is 99.0 g/mol. The van der Waals surface area contributed by atoms with E-state index in [9.17, 15) is 0 Å². The topological polar surface area (TPSA) is 24.7 Å². The first-order chi connectivity index (χ1) is 2.89. The van der Waals surface area contributed by atoms with Crippen LogP contribution in [0, 0.1) is 0 Å². The van der Waals surface area contributed by atoms with Crippen molar-refractivity contribution in [3.05, 3.63) is 12.3 Å². The first kappa shape index (κ1) is 3.87. The third-order valence-corrected chi connectivity index (χ3v) is 0.749. The molecule has 3 heteroatoms. The highest BCUT2D eigenvalue weighted by Crippen LogP contribution is 2.05. The van der Waals surface area contributed by atoms with Gasteiger partial charge < -0.3 is 0 Å². The van der Waals surface area contributed by atoms with Gasteiger partial charge in [-0.2, -0.15) is 10.2 Å². The Labute approximate surface area is 41.4 Å². The van der Waals surface area contributed by atoms with Crippen molar-refractivity contribution in [2.24, 2.45) is 10.2 Å². The van der Waals surface area contributed by atoms with Crippen LogP contribution < -0.4 is 0 Å². The third kappa shape index (κ3) is 0.597. The van der Waals surface area contributed by atoms with Gasteiger partial charge in [0.25, 0.3) is 0 Å². The van der Waals surface area contributed by atoms with Crippen molar-refractivity contribution in [1.82, 2.24) is 0 Å². The second-order valence-electron chi connectivity index (χ2n) is 0.963. The van der Waals surface area contributed by atoms with Crippen molar-refractivity contribution in [3.8, 4) is 0 Å². The summed E-state index contributed by atoms with van der Waals surface area (Å²) in [5, 5.41) is 6.98. The maximum atomic E-state index is 4.66. The summed E-state index contributed by atoms with van der Waals surface area (Å²) < 4.78 is 0. The summed E-state index contributed by atoms with van der Waals surface area (Å²) in [5.41, 5.74) is 0. The quantitative estimate of drug-likeness (QED) is 0.439. The van der Waals surface area contributed by atoms with Gasteiger partial charge in [0.15, 0.2) is 0 Å². The maximum Gasteiger partial charge on any atom is 0.146 e. The molecule has 0 aromatic carbocycles. The largest absolute Gasteiger partial charge is 0.170 e. The van der Waals surface area contributed by atoms with E-state index in [1.165, 1.54) is 0 Å². The zero-order chi connectivity index (χ0) is 4.41. The predicted octanol–water partition coefficient (Wildman–Crippen LogP) is 1.49. The summed E-state index contributed by atoms with van der Waals surface area (Å²) in [6, 6.07) is 0. The molecule has 1 aliphatic heterocycles. The molecule has 6 heavy (non-hydrogen) atoms. The molecule has 0 fully saturated rings. The van der Waals surface area contributed by atoms with Crippen LogP contribution in [-0.4, -0.2) is 5.37 Å². The second kappa shape index (κ2) is 1.43. The molecular formula is C3H3N2S. The fourth-order valence-corrected chi connectivity index (χ4v) is 0.380. The Kier molecular flexibility index (Phi) is 0.919. The van der Waals surface area contributed by atoms with Gasteiger partial charge in [0, 0.05) is 6.20 Å². The van der Waals surface area contributed by atoms with Crippen molar-refractivity contribution >= 4 is 12.6 Å². The predicted molar refractivity (Wildman–Crippen MR) is 25.4 cm³/mol. The van der Waals surface area contributed by atoms with Gasteiger partial charge in [-0.15, -0.1) is 0 Å². The third-order valence-electron chi connectivity index (χ3n) is 0.498. The minimum Gasteiger partial charge on any atom is -0.170 e. The molecule has 0 aromatic rings. The molecule has 1 aliphatic rings. The van der Waals surface area contributed by atoms with Gasteiger partial charge in [0.1, 0.15) is 5.37 Å². The Balaban J connectivity index is 2.60. The molecule has 0 bridgehead atoms. The first-order valence-corrected chi connectivity index (χ1v) is 2.09. The molecule has 1 rings (SSSR count). The van der Waals surface area contributed by atoms with Crippen LogP contribution in [0.25, 0.3) is 0 Å². The van der Waals surface area contributed by atoms with E-state index >= 15 is 0 Å². The average molecular weight is 99.1 g/mol. The average Bonchev–Trinajstić information content (AvgIpc) is 1.86. The van der Waals surface area contributed by atoms with Crippen molar-refractivity contribution in [2.45, 2.75) is 5.37 Å². The molecule has 0 saturated heterocycles. The number of hydrogen-bond acceptors (Lipinski definition) is 2. The van der Waals surface area contributed by atoms with E-state index in [-0.39, 0.29) is 5.37 Å². The lowest BCUT2D eigenvalue weighted by Crippen LogP contribution is -1.76. The molecule has 1 heterocycles. The SMILES string of the molecule is [S]C1C=CN=N1. The Morgan fingerprint density at radius 3 is 2.67 bits per heavy atom. The van der Waals surface area contributed by atoms with Crippen LogP contribution >= 0.6 is 12.6 Å². The zero-order valence-electron chi connectivity index (χ0n) is 3.03. The minimum atomic E-state index is -0.0926. The van der Waals surface area contributed by atoms with Gasteiger partial charge in [-0.3, -0.25) is 0 Å². The Morgan fingerprint density at radius 2 is 2.50 bits per heavy atom. The van der Waals surface area contributed by atoms with Gasteiger partial charge in [-0.1, -0.05) is 12.6 Å². The molecule has 1 unspecified atom stereocenters. The first-order valence-electron chi connectivity index (χ1n) is 1.62. The molecule has 0 aromatic heterocycles. The van der Waals surface area contributed by atoms with E-state index in [1.54, 1.807) is 12.3 Å². The van der Waals surface area contributed by atoms with Crippen LogP contribution in [0.5, 0.6) is 0 Å². The lowest BCUT2D eigenvalue weighted by atomic mass is 10.6. The van der Waals surface area contributed by atoms with E-state index in [4.69, 9.17) is 0 Å². The highest BCUT2D eigenvalue weighted by molar-refractivity contribution is 7.81. The lowest BCUT2D eigenvalue weighted by molar-refractivity contribution is 1.08. The molecule has 0 aliphatic carbocycles. The summed E-state index contributed by atoms with van der Waals surface area (Å²) in [4.78, 5) is 0. The molecule has 0 spiro atoms. The maximum absolute atomic E-state index is 4.66. The van der Waals surface area contributed by atoms with Crippen LogP contribution in [0.2, 0.25) is 0 Å². The van der Waals surface area contributed by atoms with Crippen molar-refractivity contribution in [1.29, 1.82) is 0 Å². The van der Waals surface area contributed by atoms with Gasteiger partial charge in [0.2, 0.25) is 0 Å². The van der Waals surface area contributed by atoms with Crippen LogP contribution in [0.3, 0.4) is 0 Å². The van der Waals surface area contributed by atoms with E-state index in [0.717, 1.165) is 0 Å². The van der Waals surface area contributed by atoms with Crippen LogP contribution in [0.1, 0.15) is 0 Å². The minimum absolute atomic E-state index is 0.0926. The lowest BCUT2D eigenvalue weighted by Gasteiger charge is -1.78. The van der Waals surface area contributed by atoms with E-state index < -0.39 is 0 Å². The highest BCUT2D eigenvalue weighted by atomic mass is 32.1. The number of azo groups is 1. The highest BCUT2D eigenvalue weighted by Gasteiger charge is 1.95. The van der Waals surface area contributed by atoms with Crippen molar-refractivity contribution in [3.63, 3.8) is 0 Å².